The summed E-state index contributed by atoms with van der Waals surface area (Å²) in [6.07, 6.45) is -1.07. The number of benzene rings is 1. The molecular formula is C39H63N7O15. The minimum Gasteiger partial charge on any atom is -0.481 e. The van der Waals surface area contributed by atoms with Gasteiger partial charge in [-0.1, -0.05) is 26.0 Å². The van der Waals surface area contributed by atoms with Gasteiger partial charge in [-0.2, -0.15) is 0 Å². The Labute approximate surface area is 355 Å². The van der Waals surface area contributed by atoms with Crippen molar-refractivity contribution in [2.24, 2.45) is 11.7 Å². The van der Waals surface area contributed by atoms with E-state index in [1.165, 1.54) is 6.92 Å². The van der Waals surface area contributed by atoms with Gasteiger partial charge in [0.25, 0.3) is 0 Å². The second-order valence-corrected chi connectivity index (χ2v) is 13.6. The van der Waals surface area contributed by atoms with E-state index >= 15 is 0 Å². The number of anilines is 1. The molecule has 0 bridgehead atoms. The second-order valence-electron chi connectivity index (χ2n) is 13.6. The highest BCUT2D eigenvalue weighted by Gasteiger charge is 2.31. The number of amides is 7. The van der Waals surface area contributed by atoms with Crippen molar-refractivity contribution in [2.75, 3.05) is 77.9 Å². The number of carboxylic acid groups (broad SMARTS) is 1. The number of esters is 1. The van der Waals surface area contributed by atoms with Gasteiger partial charge in [0.2, 0.25) is 23.6 Å². The molecule has 0 aliphatic carbocycles. The number of hydrogen-bond acceptors (Lipinski definition) is 14. The van der Waals surface area contributed by atoms with E-state index in [0.717, 1.165) is 0 Å². The normalized spacial score (nSPS) is 12.3. The number of rotatable bonds is 33. The van der Waals surface area contributed by atoms with Crippen LogP contribution in [0.15, 0.2) is 24.3 Å². The van der Waals surface area contributed by atoms with Crippen LogP contribution in [-0.4, -0.2) is 143 Å². The molecule has 9 N–H and O–H groups in total. The molecular weight excluding hydrogens is 806 g/mol. The van der Waals surface area contributed by atoms with Crippen LogP contribution in [-0.2, 0) is 63.8 Å². The van der Waals surface area contributed by atoms with Gasteiger partial charge in [-0.25, -0.2) is 9.59 Å². The minimum absolute atomic E-state index is 0.0187. The van der Waals surface area contributed by atoms with Crippen LogP contribution in [0.5, 0.6) is 0 Å². The lowest BCUT2D eigenvalue weighted by molar-refractivity contribution is -0.142. The highest BCUT2D eigenvalue weighted by Crippen LogP contribution is 2.13. The van der Waals surface area contributed by atoms with Gasteiger partial charge in [0.05, 0.1) is 59.5 Å². The monoisotopic (exact) mass is 869 g/mol. The van der Waals surface area contributed by atoms with Gasteiger partial charge in [0.15, 0.2) is 0 Å². The number of nitrogens with two attached hydrogens (primary N) is 1. The highest BCUT2D eigenvalue weighted by atomic mass is 16.6. The van der Waals surface area contributed by atoms with Gasteiger partial charge in [-0.05, 0) is 49.8 Å². The third-order valence-electron chi connectivity index (χ3n) is 8.19. The standard InChI is InChI=1S/C39H63N7O15/c1-5-60-39(55)42-16-18-57-20-22-59-24-23-58-21-19-56-17-14-32(48)44-31(12-13-33(49)50)36(52)46-34(26(2)3)37(53)45-30(7-6-15-41-38(40)54)35(51)43-29-10-8-28(9-11-29)25-61-27(4)47/h8-11,26,30-31,34H,5-7,12-25H2,1-4H3,(H,42,55)(H,43,51)(H,44,48)(H,45,53)(H,46,52)(H,49,50)(H3,40,41,54)/t30-,31+,34-/m0/s1. The van der Waals surface area contributed by atoms with Crippen molar-refractivity contribution in [1.82, 2.24) is 26.6 Å². The Kier molecular flexibility index (Phi) is 28.2. The fraction of sp³-hybridized carbons (Fsp3) is 0.641. The first-order valence-corrected chi connectivity index (χ1v) is 20.0. The molecule has 1 rings (SSSR count). The summed E-state index contributed by atoms with van der Waals surface area (Å²) in [7, 11) is 0. The summed E-state index contributed by atoms with van der Waals surface area (Å²) in [5, 5.41) is 24.7. The number of alkyl carbamates (subject to hydrolysis) is 1. The molecule has 0 heterocycles. The van der Waals surface area contributed by atoms with E-state index in [9.17, 15) is 43.5 Å². The van der Waals surface area contributed by atoms with E-state index in [0.29, 0.717) is 50.8 Å². The fourth-order valence-electron chi connectivity index (χ4n) is 5.07. The number of carboxylic acids is 1. The summed E-state index contributed by atoms with van der Waals surface area (Å²) in [4.78, 5) is 98.1. The van der Waals surface area contributed by atoms with Crippen LogP contribution in [0.1, 0.15) is 65.4 Å². The van der Waals surface area contributed by atoms with E-state index in [1.54, 1.807) is 45.0 Å². The molecule has 22 heteroatoms. The maximum Gasteiger partial charge on any atom is 0.407 e. The van der Waals surface area contributed by atoms with Crippen molar-refractivity contribution in [3.05, 3.63) is 29.8 Å². The quantitative estimate of drug-likeness (QED) is 0.0348. The predicted molar refractivity (Wildman–Crippen MR) is 218 cm³/mol. The van der Waals surface area contributed by atoms with E-state index in [2.05, 4.69) is 31.9 Å². The number of urea groups is 1. The lowest BCUT2D eigenvalue weighted by Crippen LogP contribution is -2.58. The molecule has 7 amide bonds. The van der Waals surface area contributed by atoms with E-state index < -0.39 is 78.2 Å². The number of ether oxygens (including phenoxy) is 6. The van der Waals surface area contributed by atoms with Crippen molar-refractivity contribution in [3.63, 3.8) is 0 Å². The Bertz CT molecular complexity index is 1510. The number of aliphatic carboxylic acids is 1. The van der Waals surface area contributed by atoms with Crippen LogP contribution < -0.4 is 37.6 Å². The van der Waals surface area contributed by atoms with Crippen LogP contribution in [0.3, 0.4) is 0 Å². The lowest BCUT2D eigenvalue weighted by Gasteiger charge is -2.27. The summed E-state index contributed by atoms with van der Waals surface area (Å²) in [5.74, 6) is -4.88. The zero-order chi connectivity index (χ0) is 45.4. The second kappa shape index (κ2) is 32.2. The molecule has 0 aromatic heterocycles. The first-order chi connectivity index (χ1) is 29.1. The predicted octanol–water partition coefficient (Wildman–Crippen LogP) is 0.315. The Balaban J connectivity index is 2.67. The number of carbonyl (C=O) groups is 8. The number of primary amides is 1. The van der Waals surface area contributed by atoms with Gasteiger partial charge in [-0.3, -0.25) is 28.8 Å². The molecule has 3 atom stereocenters. The minimum atomic E-state index is -1.31. The maximum absolute atomic E-state index is 13.6. The van der Waals surface area contributed by atoms with Crippen LogP contribution in [0.4, 0.5) is 15.3 Å². The molecule has 0 radical (unpaired) electrons. The highest BCUT2D eigenvalue weighted by molar-refractivity contribution is 5.99. The van der Waals surface area contributed by atoms with Crippen LogP contribution in [0, 0.1) is 5.92 Å². The van der Waals surface area contributed by atoms with Crippen LogP contribution in [0.2, 0.25) is 0 Å². The molecule has 1 aromatic carbocycles. The van der Waals surface area contributed by atoms with Gasteiger partial charge >= 0.3 is 24.1 Å². The van der Waals surface area contributed by atoms with Gasteiger partial charge in [-0.15, -0.1) is 0 Å². The topological polar surface area (TPSA) is 310 Å². The van der Waals surface area contributed by atoms with Crippen molar-refractivity contribution >= 4 is 53.4 Å². The van der Waals surface area contributed by atoms with Gasteiger partial charge in [0, 0.05) is 38.5 Å². The zero-order valence-corrected chi connectivity index (χ0v) is 35.4. The summed E-state index contributed by atoms with van der Waals surface area (Å²) in [5.41, 5.74) is 6.21. The van der Waals surface area contributed by atoms with Crippen molar-refractivity contribution in [3.8, 4) is 0 Å². The molecule has 0 saturated heterocycles. The molecule has 344 valence electrons. The summed E-state index contributed by atoms with van der Waals surface area (Å²) >= 11 is 0. The molecule has 0 saturated carbocycles. The fourth-order valence-corrected chi connectivity index (χ4v) is 5.07. The van der Waals surface area contributed by atoms with Crippen molar-refractivity contribution < 1.29 is 71.9 Å². The number of hydrogen-bond donors (Lipinski definition) is 8. The van der Waals surface area contributed by atoms with E-state index in [1.807, 2.05) is 0 Å². The molecule has 0 fully saturated rings. The third-order valence-corrected chi connectivity index (χ3v) is 8.19. The van der Waals surface area contributed by atoms with Gasteiger partial charge < -0.3 is 71.2 Å². The van der Waals surface area contributed by atoms with E-state index in [4.69, 9.17) is 34.2 Å². The molecule has 22 nitrogen and oxygen atoms in total. The Morgan fingerprint density at radius 2 is 1.26 bits per heavy atom. The lowest BCUT2D eigenvalue weighted by atomic mass is 10.0. The Hall–Kier alpha value is -5.58. The summed E-state index contributed by atoms with van der Waals surface area (Å²) in [6, 6.07) is 2.07. The molecule has 0 aliphatic rings. The maximum atomic E-state index is 13.6. The van der Waals surface area contributed by atoms with Crippen LogP contribution >= 0.6 is 0 Å². The van der Waals surface area contributed by atoms with Crippen molar-refractivity contribution in [2.45, 2.75) is 84.5 Å². The Morgan fingerprint density at radius 1 is 0.672 bits per heavy atom. The van der Waals surface area contributed by atoms with E-state index in [-0.39, 0.29) is 65.3 Å². The summed E-state index contributed by atoms with van der Waals surface area (Å²) in [6.45, 7) is 9.04. The van der Waals surface area contributed by atoms with Gasteiger partial charge in [0.1, 0.15) is 24.7 Å². The molecule has 61 heavy (non-hydrogen) atoms. The van der Waals surface area contributed by atoms with Crippen molar-refractivity contribution in [1.29, 1.82) is 0 Å². The average molecular weight is 870 g/mol. The summed E-state index contributed by atoms with van der Waals surface area (Å²) < 4.78 is 31.3. The SMILES string of the molecule is CCOC(=O)NCCOCCOCCOCCOCCC(=O)N[C@H](CCC(=O)O)C(=O)N[C@H](C(=O)N[C@@H](CCCNC(N)=O)C(=O)Nc1ccc(COC(C)=O)cc1)C(C)C. The zero-order valence-electron chi connectivity index (χ0n) is 35.4. The average Bonchev–Trinajstić information content (AvgIpc) is 3.20. The van der Waals surface area contributed by atoms with Crippen LogP contribution in [0.25, 0.3) is 0 Å². The molecule has 1 aromatic rings. The smallest absolute Gasteiger partial charge is 0.407 e. The number of nitrogens with one attached hydrogen (secondary N) is 6. The molecule has 0 spiro atoms. The number of carbonyl (C=O) groups excluding carboxylic acids is 7. The molecule has 0 aliphatic heterocycles. The largest absolute Gasteiger partial charge is 0.481 e. The third kappa shape index (κ3) is 27.0. The molecule has 0 unspecified atom stereocenters. The Morgan fingerprint density at radius 3 is 1.82 bits per heavy atom. The first kappa shape index (κ1) is 53.4. The first-order valence-electron chi connectivity index (χ1n) is 20.0.